The van der Waals surface area contributed by atoms with Crippen molar-refractivity contribution in [2.75, 3.05) is 6.54 Å². The van der Waals surface area contributed by atoms with Gasteiger partial charge in [-0.15, -0.1) is 6.58 Å². The lowest BCUT2D eigenvalue weighted by molar-refractivity contribution is -0.384. The molecule has 0 amide bonds. The first-order valence-electron chi connectivity index (χ1n) is 5.27. The zero-order valence-electron chi connectivity index (χ0n) is 10.1. The molecule has 0 atom stereocenters. The Kier molecular flexibility index (Phi) is 6.37. The summed E-state index contributed by atoms with van der Waals surface area (Å²) in [5.41, 5.74) is 2.64. The van der Waals surface area contributed by atoms with Crippen LogP contribution in [0.4, 0.5) is 5.69 Å². The molecule has 0 spiro atoms. The van der Waals surface area contributed by atoms with Gasteiger partial charge in [0.25, 0.3) is 5.69 Å². The Balaban J connectivity index is 2.81. The van der Waals surface area contributed by atoms with Gasteiger partial charge in [0.05, 0.1) is 16.2 Å². The van der Waals surface area contributed by atoms with Crippen LogP contribution in [0.3, 0.4) is 0 Å². The van der Waals surface area contributed by atoms with Crippen molar-refractivity contribution in [3.63, 3.8) is 0 Å². The van der Waals surface area contributed by atoms with Crippen molar-refractivity contribution >= 4 is 52.4 Å². The lowest BCUT2D eigenvalue weighted by Crippen LogP contribution is -2.31. The number of halogens is 2. The summed E-state index contributed by atoms with van der Waals surface area (Å²) in [5.74, 6) is 0. The van der Waals surface area contributed by atoms with Crippen LogP contribution in [0.15, 0.2) is 29.9 Å². The van der Waals surface area contributed by atoms with Crippen molar-refractivity contribution in [2.45, 2.75) is 0 Å². The quantitative estimate of drug-likeness (QED) is 0.285. The minimum Gasteiger partial charge on any atom is -0.358 e. The number of nitrogens with zero attached hydrogens (tertiary/aromatic N) is 2. The highest BCUT2D eigenvalue weighted by Crippen LogP contribution is 2.29. The van der Waals surface area contributed by atoms with Crippen molar-refractivity contribution in [3.05, 3.63) is 50.5 Å². The van der Waals surface area contributed by atoms with Crippen LogP contribution in [-0.2, 0) is 0 Å². The monoisotopic (exact) mass is 332 g/mol. The molecule has 0 aliphatic rings. The summed E-state index contributed by atoms with van der Waals surface area (Å²) in [5, 5.41) is 17.9. The fourth-order valence-corrected chi connectivity index (χ4v) is 1.79. The average Bonchev–Trinajstić information content (AvgIpc) is 2.38. The maximum Gasteiger partial charge on any atom is 0.288 e. The Bertz CT molecular complexity index is 578. The fourth-order valence-electron chi connectivity index (χ4n) is 1.16. The van der Waals surface area contributed by atoms with E-state index in [-0.39, 0.29) is 15.7 Å². The first-order valence-corrected chi connectivity index (χ1v) is 6.43. The molecular weight excluding hydrogens is 323 g/mol. The molecule has 2 N–H and O–H groups in total. The second kappa shape index (κ2) is 7.78. The Hall–Kier alpha value is -1.70. The van der Waals surface area contributed by atoms with E-state index in [1.807, 2.05) is 0 Å². The molecule has 1 aromatic rings. The van der Waals surface area contributed by atoms with Gasteiger partial charge in [-0.3, -0.25) is 15.5 Å². The lowest BCUT2D eigenvalue weighted by Gasteiger charge is -2.04. The van der Waals surface area contributed by atoms with E-state index in [1.165, 1.54) is 18.3 Å². The van der Waals surface area contributed by atoms with Gasteiger partial charge in [0, 0.05) is 18.2 Å². The van der Waals surface area contributed by atoms with Gasteiger partial charge in [0.15, 0.2) is 5.11 Å². The van der Waals surface area contributed by atoms with Gasteiger partial charge in [0.2, 0.25) is 0 Å². The van der Waals surface area contributed by atoms with E-state index >= 15 is 0 Å². The average molecular weight is 333 g/mol. The number of rotatable bonds is 5. The van der Waals surface area contributed by atoms with E-state index in [4.69, 9.17) is 35.4 Å². The molecule has 0 aromatic heterocycles. The second-order valence-electron chi connectivity index (χ2n) is 3.45. The van der Waals surface area contributed by atoms with Gasteiger partial charge < -0.3 is 5.32 Å². The minimum absolute atomic E-state index is 0.0340. The normalized spacial score (nSPS) is 10.3. The van der Waals surface area contributed by atoms with E-state index in [9.17, 15) is 10.1 Å². The highest BCUT2D eigenvalue weighted by molar-refractivity contribution is 7.80. The van der Waals surface area contributed by atoms with E-state index < -0.39 is 4.92 Å². The topological polar surface area (TPSA) is 79.6 Å². The van der Waals surface area contributed by atoms with Crippen molar-refractivity contribution < 1.29 is 4.92 Å². The molecule has 0 fully saturated rings. The molecule has 0 saturated heterocycles. The van der Waals surface area contributed by atoms with Crippen molar-refractivity contribution in [1.82, 2.24) is 10.7 Å². The molecule has 1 rings (SSSR count). The van der Waals surface area contributed by atoms with Gasteiger partial charge in [-0.2, -0.15) is 5.10 Å². The first-order chi connectivity index (χ1) is 9.45. The number of nitrogens with one attached hydrogen (secondary N) is 2. The van der Waals surface area contributed by atoms with Crippen LogP contribution in [-0.4, -0.2) is 22.8 Å². The molecular formula is C11H10Cl2N4O2S. The van der Waals surface area contributed by atoms with Crippen LogP contribution in [0.1, 0.15) is 5.56 Å². The van der Waals surface area contributed by atoms with Crippen molar-refractivity contribution in [2.24, 2.45) is 5.10 Å². The number of hydrogen-bond acceptors (Lipinski definition) is 4. The molecule has 0 heterocycles. The summed E-state index contributed by atoms with van der Waals surface area (Å²) >= 11 is 16.5. The Labute approximate surface area is 130 Å². The highest BCUT2D eigenvalue weighted by Gasteiger charge is 2.15. The summed E-state index contributed by atoms with van der Waals surface area (Å²) < 4.78 is 0. The number of benzene rings is 1. The van der Waals surface area contributed by atoms with Gasteiger partial charge in [-0.05, 0) is 18.3 Å². The van der Waals surface area contributed by atoms with Gasteiger partial charge >= 0.3 is 0 Å². The summed E-state index contributed by atoms with van der Waals surface area (Å²) in [6.45, 7) is 4.02. The molecule has 0 saturated carbocycles. The Morgan fingerprint density at radius 1 is 1.50 bits per heavy atom. The second-order valence-corrected chi connectivity index (χ2v) is 4.67. The molecule has 0 aliphatic carbocycles. The Morgan fingerprint density at radius 3 is 2.80 bits per heavy atom. The van der Waals surface area contributed by atoms with E-state index in [0.29, 0.717) is 17.2 Å². The van der Waals surface area contributed by atoms with Gasteiger partial charge in [-0.1, -0.05) is 29.3 Å². The molecule has 1 aromatic carbocycles. The SMILES string of the molecule is C=CCNC(=S)N/N=C/c1cc([N+](=O)[O-])c(Cl)cc1Cl. The van der Waals surface area contributed by atoms with Crippen LogP contribution in [0.5, 0.6) is 0 Å². The summed E-state index contributed by atoms with van der Waals surface area (Å²) in [6, 6.07) is 2.52. The van der Waals surface area contributed by atoms with Gasteiger partial charge in [0.1, 0.15) is 5.02 Å². The molecule has 9 heteroatoms. The standard InChI is InChI=1S/C11H10Cl2N4O2S/c1-2-3-14-11(20)16-15-6-7-4-10(17(18)19)9(13)5-8(7)12/h2,4-6H,1,3H2,(H2,14,16,20)/b15-6+. The van der Waals surface area contributed by atoms with Gasteiger partial charge in [-0.25, -0.2) is 0 Å². The van der Waals surface area contributed by atoms with E-state index in [2.05, 4.69) is 22.4 Å². The number of nitro benzene ring substituents is 1. The van der Waals surface area contributed by atoms with E-state index in [1.54, 1.807) is 6.08 Å². The summed E-state index contributed by atoms with van der Waals surface area (Å²) in [6.07, 6.45) is 2.95. The van der Waals surface area contributed by atoms with Crippen LogP contribution >= 0.6 is 35.4 Å². The number of nitro groups is 1. The third kappa shape index (κ3) is 4.76. The number of hydrogen-bond donors (Lipinski definition) is 2. The zero-order valence-corrected chi connectivity index (χ0v) is 12.4. The predicted octanol–water partition coefficient (Wildman–Crippen LogP) is 2.89. The summed E-state index contributed by atoms with van der Waals surface area (Å²) in [4.78, 5) is 10.2. The number of thiocarbonyl (C=S) groups is 1. The first kappa shape index (κ1) is 16.4. The summed E-state index contributed by atoms with van der Waals surface area (Å²) in [7, 11) is 0. The van der Waals surface area contributed by atoms with Crippen LogP contribution in [0.25, 0.3) is 0 Å². The minimum atomic E-state index is -0.598. The molecule has 20 heavy (non-hydrogen) atoms. The lowest BCUT2D eigenvalue weighted by atomic mass is 10.2. The molecule has 0 bridgehead atoms. The highest BCUT2D eigenvalue weighted by atomic mass is 35.5. The smallest absolute Gasteiger partial charge is 0.288 e. The maximum absolute atomic E-state index is 10.8. The van der Waals surface area contributed by atoms with Crippen molar-refractivity contribution in [1.29, 1.82) is 0 Å². The van der Waals surface area contributed by atoms with Crippen LogP contribution in [0.2, 0.25) is 10.0 Å². The van der Waals surface area contributed by atoms with Crippen LogP contribution < -0.4 is 10.7 Å². The molecule has 6 nitrogen and oxygen atoms in total. The van der Waals surface area contributed by atoms with E-state index in [0.717, 1.165) is 0 Å². The fraction of sp³-hybridized carbons (Fsp3) is 0.0909. The zero-order chi connectivity index (χ0) is 15.1. The molecule has 0 aliphatic heterocycles. The number of hydrazone groups is 1. The maximum atomic E-state index is 10.8. The van der Waals surface area contributed by atoms with Crippen molar-refractivity contribution in [3.8, 4) is 0 Å². The largest absolute Gasteiger partial charge is 0.358 e. The third-order valence-corrected chi connectivity index (χ3v) is 2.91. The van der Waals surface area contributed by atoms with Crippen LogP contribution in [0, 0.1) is 10.1 Å². The Morgan fingerprint density at radius 2 is 2.20 bits per heavy atom. The third-order valence-electron chi connectivity index (χ3n) is 2.04. The molecule has 106 valence electrons. The molecule has 0 unspecified atom stereocenters. The predicted molar refractivity (Wildman–Crippen MR) is 84.6 cm³/mol. The molecule has 0 radical (unpaired) electrons.